The molecule has 0 radical (unpaired) electrons. The van der Waals surface area contributed by atoms with Gasteiger partial charge in [-0.15, -0.1) is 0 Å². The minimum Gasteiger partial charge on any atom is -0.493 e. The van der Waals surface area contributed by atoms with Crippen LogP contribution >= 0.6 is 23.2 Å². The molecule has 27 heavy (non-hydrogen) atoms. The zero-order valence-corrected chi connectivity index (χ0v) is 17.1. The van der Waals surface area contributed by atoms with Gasteiger partial charge in [-0.05, 0) is 42.8 Å². The minimum absolute atomic E-state index is 0.0851. The van der Waals surface area contributed by atoms with E-state index in [1.807, 2.05) is 19.1 Å². The number of benzene rings is 2. The summed E-state index contributed by atoms with van der Waals surface area (Å²) >= 11 is 12.2. The van der Waals surface area contributed by atoms with Crippen molar-refractivity contribution < 1.29 is 19.2 Å². The summed E-state index contributed by atoms with van der Waals surface area (Å²) in [5.74, 6) is 1.36. The highest BCUT2D eigenvalue weighted by molar-refractivity contribution is 6.35. The van der Waals surface area contributed by atoms with E-state index in [1.165, 1.54) is 16.0 Å². The second kappa shape index (κ2) is 8.38. The van der Waals surface area contributed by atoms with Crippen molar-refractivity contribution in [1.82, 2.24) is 0 Å². The number of fused-ring (bicyclic) bond motifs is 1. The van der Waals surface area contributed by atoms with Gasteiger partial charge in [-0.1, -0.05) is 23.2 Å². The lowest BCUT2D eigenvalue weighted by molar-refractivity contribution is -0.929. The maximum absolute atomic E-state index is 12.7. The fraction of sp³-hybridized carbons (Fsp3) is 0.350. The topological polar surface area (TPSA) is 52.0 Å². The Morgan fingerprint density at radius 3 is 2.44 bits per heavy atom. The number of halogens is 2. The van der Waals surface area contributed by atoms with Crippen LogP contribution in [0, 0.1) is 0 Å². The molecule has 7 heteroatoms. The van der Waals surface area contributed by atoms with Gasteiger partial charge in [0.15, 0.2) is 17.5 Å². The fourth-order valence-corrected chi connectivity index (χ4v) is 3.71. The molecule has 0 bridgehead atoms. The van der Waals surface area contributed by atoms with E-state index >= 15 is 0 Å². The average molecular weight is 410 g/mol. The van der Waals surface area contributed by atoms with Crippen molar-refractivity contribution in [3.63, 3.8) is 0 Å². The third kappa shape index (κ3) is 4.32. The molecule has 2 aromatic rings. The Labute approximate surface area is 169 Å². The normalized spacial score (nSPS) is 17.0. The van der Waals surface area contributed by atoms with Gasteiger partial charge in [-0.25, -0.2) is 0 Å². The van der Waals surface area contributed by atoms with Crippen LogP contribution in [0.5, 0.6) is 11.5 Å². The van der Waals surface area contributed by atoms with Crippen LogP contribution in [0.3, 0.4) is 0 Å². The van der Waals surface area contributed by atoms with Gasteiger partial charge < -0.3 is 19.7 Å². The minimum atomic E-state index is -0.235. The van der Waals surface area contributed by atoms with Gasteiger partial charge in [-0.2, -0.15) is 0 Å². The predicted molar refractivity (Wildman–Crippen MR) is 107 cm³/mol. The number of ether oxygens (including phenoxy) is 2. The van der Waals surface area contributed by atoms with Crippen molar-refractivity contribution in [1.29, 1.82) is 0 Å². The third-order valence-corrected chi connectivity index (χ3v) is 5.60. The second-order valence-corrected chi connectivity index (χ2v) is 7.49. The van der Waals surface area contributed by atoms with E-state index in [1.54, 1.807) is 32.4 Å². The molecule has 144 valence electrons. The summed E-state index contributed by atoms with van der Waals surface area (Å²) in [7, 11) is 3.26. The van der Waals surface area contributed by atoms with Crippen LogP contribution < -0.4 is 19.7 Å². The summed E-state index contributed by atoms with van der Waals surface area (Å²) in [5.41, 5.74) is 2.94. The van der Waals surface area contributed by atoms with Crippen LogP contribution in [0.2, 0.25) is 10.0 Å². The van der Waals surface area contributed by atoms with Crippen LogP contribution in [-0.2, 0) is 17.8 Å². The molecule has 1 aliphatic rings. The summed E-state index contributed by atoms with van der Waals surface area (Å²) in [6.45, 7) is 3.53. The van der Waals surface area contributed by atoms with Crippen LogP contribution in [0.15, 0.2) is 30.3 Å². The number of amides is 1. The molecule has 2 atom stereocenters. The van der Waals surface area contributed by atoms with Crippen molar-refractivity contribution in [2.75, 3.05) is 26.1 Å². The summed E-state index contributed by atoms with van der Waals surface area (Å²) in [6.07, 6.45) is 0.876. The van der Waals surface area contributed by atoms with Gasteiger partial charge >= 0.3 is 0 Å². The molecule has 0 spiro atoms. The summed E-state index contributed by atoms with van der Waals surface area (Å²) in [4.78, 5) is 13.9. The fourth-order valence-electron chi connectivity index (χ4n) is 3.38. The second-order valence-electron chi connectivity index (χ2n) is 6.65. The largest absolute Gasteiger partial charge is 0.493 e. The van der Waals surface area contributed by atoms with E-state index in [0.29, 0.717) is 21.5 Å². The van der Waals surface area contributed by atoms with Gasteiger partial charge in [0.05, 0.1) is 31.5 Å². The summed E-state index contributed by atoms with van der Waals surface area (Å²) in [5, 5.41) is 3.89. The van der Waals surface area contributed by atoms with Crippen molar-refractivity contribution in [3.8, 4) is 11.5 Å². The first-order valence-electron chi connectivity index (χ1n) is 8.77. The van der Waals surface area contributed by atoms with Crippen molar-refractivity contribution in [3.05, 3.63) is 51.5 Å². The lowest BCUT2D eigenvalue weighted by atomic mass is 9.97. The lowest BCUT2D eigenvalue weighted by Crippen LogP contribution is -3.16. The number of rotatable bonds is 5. The maximum atomic E-state index is 12.7. The van der Waals surface area contributed by atoms with Crippen molar-refractivity contribution in [2.45, 2.75) is 25.9 Å². The van der Waals surface area contributed by atoms with E-state index < -0.39 is 0 Å². The molecule has 1 heterocycles. The predicted octanol–water partition coefficient (Wildman–Crippen LogP) is 2.98. The molecule has 1 aliphatic heterocycles. The highest BCUT2D eigenvalue weighted by Crippen LogP contribution is 2.31. The number of carbonyl (C=O) groups is 1. The monoisotopic (exact) mass is 409 g/mol. The zero-order chi connectivity index (χ0) is 19.6. The molecular weight excluding hydrogens is 387 g/mol. The van der Waals surface area contributed by atoms with E-state index in [0.717, 1.165) is 25.3 Å². The van der Waals surface area contributed by atoms with Crippen LogP contribution in [0.4, 0.5) is 5.69 Å². The number of hydrogen-bond acceptors (Lipinski definition) is 3. The van der Waals surface area contributed by atoms with Gasteiger partial charge in [0.2, 0.25) is 0 Å². The highest BCUT2D eigenvalue weighted by atomic mass is 35.5. The quantitative estimate of drug-likeness (QED) is 0.797. The Kier molecular flexibility index (Phi) is 6.15. The molecule has 2 N–H and O–H groups in total. The lowest BCUT2D eigenvalue weighted by Gasteiger charge is -2.30. The molecule has 1 amide bonds. The molecule has 1 unspecified atom stereocenters. The molecule has 3 rings (SSSR count). The molecule has 0 saturated carbocycles. The zero-order valence-electron chi connectivity index (χ0n) is 15.6. The molecule has 0 fully saturated rings. The van der Waals surface area contributed by atoms with E-state index in [9.17, 15) is 4.79 Å². The van der Waals surface area contributed by atoms with Gasteiger partial charge in [0.1, 0.15) is 6.54 Å². The average Bonchev–Trinajstić information content (AvgIpc) is 2.68. The van der Waals surface area contributed by atoms with Crippen LogP contribution in [0.25, 0.3) is 0 Å². The number of methoxy groups -OCH3 is 2. The number of anilines is 1. The van der Waals surface area contributed by atoms with Gasteiger partial charge in [0.25, 0.3) is 5.91 Å². The maximum Gasteiger partial charge on any atom is 0.282 e. The standard InChI is InChI=1S/C20H22Cl2N2O3/c1-12(20(25)23-17-10-15(21)4-5-16(17)22)24-7-6-13-8-18(26-2)19(27-3)9-14(13)11-24/h4-5,8-10,12H,6-7,11H2,1-3H3,(H,23,25)/p+1/t12-/m1/s1. The molecule has 5 nitrogen and oxygen atoms in total. The molecule has 0 aliphatic carbocycles. The smallest absolute Gasteiger partial charge is 0.282 e. The van der Waals surface area contributed by atoms with Crippen LogP contribution in [0.1, 0.15) is 18.1 Å². The highest BCUT2D eigenvalue weighted by Gasteiger charge is 2.30. The molecule has 0 saturated heterocycles. The van der Waals surface area contributed by atoms with E-state index in [2.05, 4.69) is 5.32 Å². The van der Waals surface area contributed by atoms with Gasteiger partial charge in [0, 0.05) is 17.0 Å². The molecular formula is C20H23Cl2N2O3+. The first-order valence-corrected chi connectivity index (χ1v) is 9.52. The Morgan fingerprint density at radius 1 is 1.11 bits per heavy atom. The number of carbonyl (C=O) groups excluding carboxylic acids is 1. The molecule has 2 aromatic carbocycles. The first-order chi connectivity index (χ1) is 12.9. The number of hydrogen-bond donors (Lipinski definition) is 2. The first kappa shape index (κ1) is 19.8. The SMILES string of the molecule is COc1cc2c(cc1OC)C[NH+]([C@H](C)C(=O)Nc1cc(Cl)ccc1Cl)CC2. The van der Waals surface area contributed by atoms with E-state index in [4.69, 9.17) is 32.7 Å². The van der Waals surface area contributed by atoms with Crippen molar-refractivity contribution in [2.24, 2.45) is 0 Å². The third-order valence-electron chi connectivity index (χ3n) is 5.03. The van der Waals surface area contributed by atoms with Crippen LogP contribution in [-0.4, -0.2) is 32.7 Å². The summed E-state index contributed by atoms with van der Waals surface area (Å²) < 4.78 is 10.8. The Balaban J connectivity index is 1.74. The Bertz CT molecular complexity index is 857. The molecule has 0 aromatic heterocycles. The number of quaternary nitrogens is 1. The number of nitrogens with one attached hydrogen (secondary N) is 2. The van der Waals surface area contributed by atoms with Gasteiger partial charge in [-0.3, -0.25) is 4.79 Å². The van der Waals surface area contributed by atoms with E-state index in [-0.39, 0.29) is 11.9 Å². The Hall–Kier alpha value is -1.95. The summed E-state index contributed by atoms with van der Waals surface area (Å²) in [6, 6.07) is 8.83. The Morgan fingerprint density at radius 2 is 1.78 bits per heavy atom. The van der Waals surface area contributed by atoms with Crippen molar-refractivity contribution >= 4 is 34.8 Å².